The highest BCUT2D eigenvalue weighted by molar-refractivity contribution is 9.10. The number of hydrogen-bond acceptors (Lipinski definition) is 2. The zero-order valence-corrected chi connectivity index (χ0v) is 10.9. The Kier molecular flexibility index (Phi) is 3.33. The average Bonchev–Trinajstić information content (AvgIpc) is 2.67. The van der Waals surface area contributed by atoms with Crippen LogP contribution in [0.25, 0.3) is 0 Å². The second-order valence-electron chi connectivity index (χ2n) is 3.47. The van der Waals surface area contributed by atoms with Crippen LogP contribution in [-0.4, -0.2) is 14.7 Å². The van der Waals surface area contributed by atoms with Gasteiger partial charge in [0.15, 0.2) is 0 Å². The summed E-state index contributed by atoms with van der Waals surface area (Å²) >= 11 is 9.22. The average molecular weight is 302 g/mol. The van der Waals surface area contributed by atoms with Gasteiger partial charge in [-0.15, -0.1) is 0 Å². The molecule has 0 saturated carbocycles. The van der Waals surface area contributed by atoms with E-state index in [2.05, 4.69) is 20.9 Å². The van der Waals surface area contributed by atoms with Crippen LogP contribution in [0.2, 0.25) is 5.02 Å². The summed E-state index contributed by atoms with van der Waals surface area (Å²) in [5.41, 5.74) is 0.755. The van der Waals surface area contributed by atoms with Gasteiger partial charge in [-0.3, -0.25) is 0 Å². The second-order valence-corrected chi connectivity index (χ2v) is 4.73. The quantitative estimate of drug-likeness (QED) is 0.926. The Morgan fingerprint density at radius 2 is 2.25 bits per heavy atom. The van der Waals surface area contributed by atoms with Crippen LogP contribution >= 0.6 is 27.5 Å². The van der Waals surface area contributed by atoms with Crippen LogP contribution in [0.5, 0.6) is 0 Å². The summed E-state index contributed by atoms with van der Waals surface area (Å²) in [5.74, 6) is 0.606. The van der Waals surface area contributed by atoms with E-state index in [-0.39, 0.29) is 0 Å². The first-order valence-electron chi connectivity index (χ1n) is 4.70. The number of halogens is 2. The molecule has 0 aliphatic heterocycles. The van der Waals surface area contributed by atoms with Crippen molar-refractivity contribution in [3.8, 4) is 0 Å². The van der Waals surface area contributed by atoms with E-state index in [0.717, 1.165) is 10.0 Å². The van der Waals surface area contributed by atoms with E-state index in [1.807, 2.05) is 7.05 Å². The fraction of sp³-hybridized carbons (Fsp3) is 0.182. The van der Waals surface area contributed by atoms with Gasteiger partial charge in [-0.1, -0.05) is 17.7 Å². The number of rotatable bonds is 2. The first-order valence-corrected chi connectivity index (χ1v) is 5.87. The maximum Gasteiger partial charge on any atom is 0.142 e. The SMILES string of the molecule is Cn1ccnc1C(O)c1ccc(Cl)c(Br)c1. The molecule has 1 N–H and O–H groups in total. The molecule has 1 heterocycles. The fourth-order valence-corrected chi connectivity index (χ4v) is 1.99. The third kappa shape index (κ3) is 2.14. The summed E-state index contributed by atoms with van der Waals surface area (Å²) in [6.45, 7) is 0. The molecule has 84 valence electrons. The van der Waals surface area contributed by atoms with Crippen LogP contribution < -0.4 is 0 Å². The predicted molar refractivity (Wildman–Crippen MR) is 66.4 cm³/mol. The van der Waals surface area contributed by atoms with Gasteiger partial charge < -0.3 is 9.67 Å². The van der Waals surface area contributed by atoms with Crippen LogP contribution in [-0.2, 0) is 7.05 Å². The Balaban J connectivity index is 2.38. The smallest absolute Gasteiger partial charge is 0.142 e. The molecule has 0 fully saturated rings. The third-order valence-electron chi connectivity index (χ3n) is 2.36. The molecule has 1 aromatic carbocycles. The molecule has 0 radical (unpaired) electrons. The Morgan fingerprint density at radius 1 is 1.50 bits per heavy atom. The van der Waals surface area contributed by atoms with Crippen LogP contribution in [0.3, 0.4) is 0 Å². The number of aromatic nitrogens is 2. The van der Waals surface area contributed by atoms with Gasteiger partial charge >= 0.3 is 0 Å². The molecule has 0 spiro atoms. The topological polar surface area (TPSA) is 38.0 Å². The zero-order chi connectivity index (χ0) is 11.7. The third-order valence-corrected chi connectivity index (χ3v) is 3.58. The number of nitrogens with zero attached hydrogens (tertiary/aromatic N) is 2. The van der Waals surface area contributed by atoms with Crippen LogP contribution in [0, 0.1) is 0 Å². The normalized spacial score (nSPS) is 12.8. The van der Waals surface area contributed by atoms with Crippen molar-refractivity contribution in [3.63, 3.8) is 0 Å². The van der Waals surface area contributed by atoms with Crippen LogP contribution in [0.4, 0.5) is 0 Å². The molecule has 0 aliphatic carbocycles. The van der Waals surface area contributed by atoms with Crippen molar-refractivity contribution >= 4 is 27.5 Å². The first-order chi connectivity index (χ1) is 7.59. The molecule has 2 aromatic rings. The van der Waals surface area contributed by atoms with Crippen molar-refractivity contribution in [2.24, 2.45) is 7.05 Å². The van der Waals surface area contributed by atoms with Crippen molar-refractivity contribution in [1.82, 2.24) is 9.55 Å². The molecule has 3 nitrogen and oxygen atoms in total. The van der Waals surface area contributed by atoms with Crippen molar-refractivity contribution in [2.75, 3.05) is 0 Å². The van der Waals surface area contributed by atoms with E-state index < -0.39 is 6.10 Å². The number of aliphatic hydroxyl groups is 1. The van der Waals surface area contributed by atoms with Gasteiger partial charge in [0.1, 0.15) is 11.9 Å². The minimum absolute atomic E-state index is 0.606. The number of aryl methyl sites for hydroxylation is 1. The van der Waals surface area contributed by atoms with E-state index in [4.69, 9.17) is 11.6 Å². The van der Waals surface area contributed by atoms with Crippen LogP contribution in [0.15, 0.2) is 35.1 Å². The lowest BCUT2D eigenvalue weighted by atomic mass is 10.1. The maximum absolute atomic E-state index is 10.1. The Labute approximate surface area is 107 Å². The Bertz CT molecular complexity index is 512. The maximum atomic E-state index is 10.1. The van der Waals surface area contributed by atoms with Gasteiger partial charge in [-0.2, -0.15) is 0 Å². The van der Waals surface area contributed by atoms with Gasteiger partial charge in [-0.05, 0) is 33.6 Å². The van der Waals surface area contributed by atoms with Gasteiger partial charge in [0.2, 0.25) is 0 Å². The molecule has 2 rings (SSSR count). The first kappa shape index (κ1) is 11.6. The molecule has 0 amide bonds. The van der Waals surface area contributed by atoms with Crippen molar-refractivity contribution < 1.29 is 5.11 Å². The van der Waals surface area contributed by atoms with E-state index in [0.29, 0.717) is 10.8 Å². The minimum Gasteiger partial charge on any atom is -0.380 e. The number of imidazole rings is 1. The standard InChI is InChI=1S/C11H10BrClN2O/c1-15-5-4-14-11(15)10(16)7-2-3-9(13)8(12)6-7/h2-6,10,16H,1H3. The van der Waals surface area contributed by atoms with Crippen molar-refractivity contribution in [2.45, 2.75) is 6.10 Å². The highest BCUT2D eigenvalue weighted by Gasteiger charge is 2.15. The Hall–Kier alpha value is -0.840. The number of hydrogen-bond donors (Lipinski definition) is 1. The molecule has 5 heteroatoms. The molecule has 1 aromatic heterocycles. The summed E-state index contributed by atoms with van der Waals surface area (Å²) in [5, 5.41) is 10.8. The molecule has 1 atom stereocenters. The van der Waals surface area contributed by atoms with Crippen molar-refractivity contribution in [1.29, 1.82) is 0 Å². The molecule has 0 saturated heterocycles. The zero-order valence-electron chi connectivity index (χ0n) is 8.56. The van der Waals surface area contributed by atoms with Crippen molar-refractivity contribution in [3.05, 3.63) is 51.5 Å². The van der Waals surface area contributed by atoms with Gasteiger partial charge in [0.05, 0.1) is 5.02 Å². The van der Waals surface area contributed by atoms with E-state index in [1.165, 1.54) is 0 Å². The fourth-order valence-electron chi connectivity index (χ4n) is 1.47. The molecule has 0 aliphatic rings. The summed E-state index contributed by atoms with van der Waals surface area (Å²) in [6.07, 6.45) is 2.71. The molecule has 1 unspecified atom stereocenters. The Morgan fingerprint density at radius 3 is 2.81 bits per heavy atom. The van der Waals surface area contributed by atoms with E-state index in [1.54, 1.807) is 35.2 Å². The van der Waals surface area contributed by atoms with E-state index in [9.17, 15) is 5.11 Å². The minimum atomic E-state index is -0.742. The summed E-state index contributed by atoms with van der Waals surface area (Å²) < 4.78 is 2.55. The lowest BCUT2D eigenvalue weighted by Crippen LogP contribution is -2.06. The summed E-state index contributed by atoms with van der Waals surface area (Å²) in [7, 11) is 1.84. The second kappa shape index (κ2) is 4.57. The molecular weight excluding hydrogens is 291 g/mol. The highest BCUT2D eigenvalue weighted by Crippen LogP contribution is 2.28. The van der Waals surface area contributed by atoms with Gasteiger partial charge in [0, 0.05) is 23.9 Å². The van der Waals surface area contributed by atoms with Gasteiger partial charge in [-0.25, -0.2) is 4.98 Å². The summed E-state index contributed by atoms with van der Waals surface area (Å²) in [4.78, 5) is 4.11. The summed E-state index contributed by atoms with van der Waals surface area (Å²) in [6, 6.07) is 5.32. The largest absolute Gasteiger partial charge is 0.380 e. The number of aliphatic hydroxyl groups excluding tert-OH is 1. The highest BCUT2D eigenvalue weighted by atomic mass is 79.9. The van der Waals surface area contributed by atoms with Gasteiger partial charge in [0.25, 0.3) is 0 Å². The molecule has 16 heavy (non-hydrogen) atoms. The van der Waals surface area contributed by atoms with E-state index >= 15 is 0 Å². The number of benzene rings is 1. The predicted octanol–water partition coefficient (Wildman–Crippen LogP) is 2.92. The van der Waals surface area contributed by atoms with Crippen LogP contribution in [0.1, 0.15) is 17.5 Å². The monoisotopic (exact) mass is 300 g/mol. The lowest BCUT2D eigenvalue weighted by molar-refractivity contribution is 0.206. The molecule has 0 bridgehead atoms. The molecular formula is C11H10BrClN2O. The lowest BCUT2D eigenvalue weighted by Gasteiger charge is -2.11.